The van der Waals surface area contributed by atoms with Gasteiger partial charge in [-0.25, -0.2) is 9.37 Å². The van der Waals surface area contributed by atoms with Crippen LogP contribution in [-0.2, 0) is 7.05 Å². The van der Waals surface area contributed by atoms with E-state index in [-0.39, 0.29) is 5.82 Å². The third-order valence-electron chi connectivity index (χ3n) is 3.62. The van der Waals surface area contributed by atoms with E-state index in [1.165, 1.54) is 12.1 Å². The summed E-state index contributed by atoms with van der Waals surface area (Å²) in [4.78, 5) is 7.28. The number of halogens is 1. The van der Waals surface area contributed by atoms with Gasteiger partial charge in [0.1, 0.15) is 23.0 Å². The molecule has 0 aliphatic rings. The molecule has 0 aliphatic heterocycles. The Morgan fingerprint density at radius 2 is 2.05 bits per heavy atom. The Morgan fingerprint density at radius 1 is 1.19 bits per heavy atom. The van der Waals surface area contributed by atoms with Crippen molar-refractivity contribution in [1.82, 2.24) is 19.7 Å². The number of aromatic nitrogens is 4. The van der Waals surface area contributed by atoms with Crippen molar-refractivity contribution in [2.45, 2.75) is 0 Å². The summed E-state index contributed by atoms with van der Waals surface area (Å²) in [5.74, 6) is 0.110. The van der Waals surface area contributed by atoms with Crippen molar-refractivity contribution in [3.63, 3.8) is 0 Å². The topological polar surface area (TPSA) is 72.5 Å². The van der Waals surface area contributed by atoms with Crippen LogP contribution in [0, 0.1) is 5.82 Å². The van der Waals surface area contributed by atoms with Crippen LogP contribution in [0.1, 0.15) is 0 Å². The fraction of sp³-hybridized carbons (Fsp3) is 0.0667. The lowest BCUT2D eigenvalue weighted by Gasteiger charge is -2.02. The quantitative estimate of drug-likeness (QED) is 0.563. The van der Waals surface area contributed by atoms with Crippen LogP contribution in [0.3, 0.4) is 0 Å². The molecule has 0 aliphatic carbocycles. The predicted molar refractivity (Wildman–Crippen MR) is 80.2 cm³/mol. The summed E-state index contributed by atoms with van der Waals surface area (Å²) in [6.07, 6.45) is 1.80. The fourth-order valence-electron chi connectivity index (χ4n) is 2.69. The van der Waals surface area contributed by atoms with Crippen molar-refractivity contribution >= 4 is 27.8 Å². The van der Waals surface area contributed by atoms with Gasteiger partial charge in [0, 0.05) is 29.6 Å². The van der Waals surface area contributed by atoms with Gasteiger partial charge >= 0.3 is 0 Å². The van der Waals surface area contributed by atoms with Gasteiger partial charge in [-0.2, -0.15) is 5.10 Å². The Morgan fingerprint density at radius 3 is 2.90 bits per heavy atom. The number of fused-ring (bicyclic) bond motifs is 2. The van der Waals surface area contributed by atoms with E-state index in [1.54, 1.807) is 23.0 Å². The number of pyridine rings is 1. The third kappa shape index (κ3) is 1.69. The number of hydrogen-bond acceptors (Lipinski definition) is 3. The molecule has 0 fully saturated rings. The highest BCUT2D eigenvalue weighted by Crippen LogP contribution is 2.33. The van der Waals surface area contributed by atoms with E-state index in [0.717, 1.165) is 21.9 Å². The van der Waals surface area contributed by atoms with Crippen LogP contribution in [0.4, 0.5) is 10.2 Å². The predicted octanol–water partition coefficient (Wildman–Crippen LogP) is 2.84. The van der Waals surface area contributed by atoms with Crippen LogP contribution in [0.2, 0.25) is 0 Å². The van der Waals surface area contributed by atoms with Gasteiger partial charge in [0.05, 0.1) is 5.52 Å². The number of nitrogens with one attached hydrogen (secondary N) is 1. The van der Waals surface area contributed by atoms with E-state index in [4.69, 9.17) is 5.73 Å². The maximum atomic E-state index is 13.6. The Balaban J connectivity index is 2.13. The monoisotopic (exact) mass is 281 g/mol. The summed E-state index contributed by atoms with van der Waals surface area (Å²) in [6.45, 7) is 0. The molecule has 3 N–H and O–H groups in total. The number of rotatable bonds is 1. The highest BCUT2D eigenvalue weighted by atomic mass is 19.1. The van der Waals surface area contributed by atoms with Crippen LogP contribution < -0.4 is 5.73 Å². The van der Waals surface area contributed by atoms with Crippen molar-refractivity contribution in [3.8, 4) is 11.3 Å². The molecule has 6 heteroatoms. The Hall–Kier alpha value is -2.89. The molecule has 0 unspecified atom stereocenters. The van der Waals surface area contributed by atoms with Gasteiger partial charge in [0.25, 0.3) is 0 Å². The number of anilines is 1. The second-order valence-corrected chi connectivity index (χ2v) is 4.97. The van der Waals surface area contributed by atoms with Crippen molar-refractivity contribution < 1.29 is 4.39 Å². The number of nitrogen functional groups attached to an aromatic ring is 1. The Labute approximate surface area is 119 Å². The normalized spacial score (nSPS) is 11.5. The molecule has 0 amide bonds. The van der Waals surface area contributed by atoms with Gasteiger partial charge in [0.15, 0.2) is 0 Å². The first-order chi connectivity index (χ1) is 10.1. The van der Waals surface area contributed by atoms with Gasteiger partial charge in [-0.15, -0.1) is 0 Å². The Kier molecular flexibility index (Phi) is 2.29. The third-order valence-corrected chi connectivity index (χ3v) is 3.62. The average Bonchev–Trinajstić information content (AvgIpc) is 3.02. The molecular formula is C15H12FN5. The van der Waals surface area contributed by atoms with Gasteiger partial charge in [-0.05, 0) is 30.3 Å². The summed E-state index contributed by atoms with van der Waals surface area (Å²) in [7, 11) is 1.84. The van der Waals surface area contributed by atoms with Crippen molar-refractivity contribution in [2.24, 2.45) is 7.05 Å². The molecule has 0 spiro atoms. The molecule has 0 atom stereocenters. The van der Waals surface area contributed by atoms with Gasteiger partial charge < -0.3 is 10.7 Å². The molecule has 3 heterocycles. The number of aryl methyl sites for hydroxylation is 1. The maximum absolute atomic E-state index is 13.6. The first-order valence-electron chi connectivity index (χ1n) is 6.50. The molecule has 0 saturated heterocycles. The number of nitrogens with zero attached hydrogens (tertiary/aromatic N) is 3. The standard InChI is InChI=1S/C15H12FN5/c1-21-12-3-2-8(16)6-11(12)14(20-21)10-7-13(17)19-15-9(10)4-5-18-15/h2-7H,1H3,(H3,17,18,19). The molecule has 0 bridgehead atoms. The lowest BCUT2D eigenvalue weighted by Crippen LogP contribution is -1.93. The molecule has 5 nitrogen and oxygen atoms in total. The van der Waals surface area contributed by atoms with E-state index in [2.05, 4.69) is 15.1 Å². The van der Waals surface area contributed by atoms with Gasteiger partial charge in [-0.1, -0.05) is 0 Å². The second kappa shape index (κ2) is 4.05. The number of hydrogen-bond donors (Lipinski definition) is 2. The zero-order valence-electron chi connectivity index (χ0n) is 11.3. The molecule has 3 aromatic heterocycles. The van der Waals surface area contributed by atoms with E-state index in [1.807, 2.05) is 13.1 Å². The molecule has 4 aromatic rings. The van der Waals surface area contributed by atoms with Crippen LogP contribution in [0.15, 0.2) is 36.5 Å². The van der Waals surface area contributed by atoms with Crippen LogP contribution in [0.25, 0.3) is 33.2 Å². The van der Waals surface area contributed by atoms with Crippen molar-refractivity contribution in [1.29, 1.82) is 0 Å². The zero-order chi connectivity index (χ0) is 14.6. The van der Waals surface area contributed by atoms with Crippen LogP contribution in [0.5, 0.6) is 0 Å². The summed E-state index contributed by atoms with van der Waals surface area (Å²) >= 11 is 0. The van der Waals surface area contributed by atoms with E-state index in [9.17, 15) is 4.39 Å². The van der Waals surface area contributed by atoms with Gasteiger partial charge in [0.2, 0.25) is 0 Å². The summed E-state index contributed by atoms with van der Waals surface area (Å²) < 4.78 is 15.3. The molecule has 4 rings (SSSR count). The van der Waals surface area contributed by atoms with Crippen LogP contribution in [-0.4, -0.2) is 19.7 Å². The summed E-state index contributed by atoms with van der Waals surface area (Å²) in [6, 6.07) is 8.33. The minimum atomic E-state index is -0.288. The molecule has 0 saturated carbocycles. The Bertz CT molecular complexity index is 982. The first-order valence-corrected chi connectivity index (χ1v) is 6.50. The first kappa shape index (κ1) is 11.9. The van der Waals surface area contributed by atoms with E-state index >= 15 is 0 Å². The largest absolute Gasteiger partial charge is 0.384 e. The van der Waals surface area contributed by atoms with Crippen molar-refractivity contribution in [2.75, 3.05) is 5.73 Å². The molecule has 0 radical (unpaired) electrons. The zero-order valence-corrected chi connectivity index (χ0v) is 11.3. The number of nitrogens with two attached hydrogens (primary N) is 1. The lowest BCUT2D eigenvalue weighted by atomic mass is 10.1. The SMILES string of the molecule is Cn1nc(-c2cc(N)nc3[nH]ccc23)c2cc(F)ccc21. The summed E-state index contributed by atoms with van der Waals surface area (Å²) in [5, 5.41) is 6.19. The van der Waals surface area contributed by atoms with Crippen LogP contribution >= 0.6 is 0 Å². The van der Waals surface area contributed by atoms with E-state index in [0.29, 0.717) is 17.2 Å². The number of benzene rings is 1. The molecule has 1 aromatic carbocycles. The molecule has 21 heavy (non-hydrogen) atoms. The lowest BCUT2D eigenvalue weighted by molar-refractivity contribution is 0.629. The minimum absolute atomic E-state index is 0.288. The highest BCUT2D eigenvalue weighted by Gasteiger charge is 2.15. The molecular weight excluding hydrogens is 269 g/mol. The maximum Gasteiger partial charge on any atom is 0.140 e. The smallest absolute Gasteiger partial charge is 0.140 e. The number of aromatic amines is 1. The summed E-state index contributed by atoms with van der Waals surface area (Å²) in [5.41, 5.74) is 8.97. The average molecular weight is 281 g/mol. The molecule has 104 valence electrons. The van der Waals surface area contributed by atoms with Gasteiger partial charge in [-0.3, -0.25) is 4.68 Å². The highest BCUT2D eigenvalue weighted by molar-refractivity contribution is 6.02. The fourth-order valence-corrected chi connectivity index (χ4v) is 2.69. The minimum Gasteiger partial charge on any atom is -0.384 e. The van der Waals surface area contributed by atoms with Crippen molar-refractivity contribution in [3.05, 3.63) is 42.3 Å². The number of H-pyrrole nitrogens is 1. The second-order valence-electron chi connectivity index (χ2n) is 4.97. The van der Waals surface area contributed by atoms with E-state index < -0.39 is 0 Å².